The summed E-state index contributed by atoms with van der Waals surface area (Å²) in [5, 5.41) is 9.75. The van der Waals surface area contributed by atoms with Gasteiger partial charge in [-0.25, -0.2) is 13.6 Å². The Hall–Kier alpha value is -3.36. The predicted octanol–water partition coefficient (Wildman–Crippen LogP) is 5.69. The summed E-state index contributed by atoms with van der Waals surface area (Å²) < 4.78 is 23.5. The van der Waals surface area contributed by atoms with E-state index in [1.807, 2.05) is 36.4 Å². The van der Waals surface area contributed by atoms with Crippen LogP contribution in [0.4, 0.5) is 5.69 Å². The van der Waals surface area contributed by atoms with Gasteiger partial charge in [-0.05, 0) is 70.8 Å². The second-order valence-electron chi connectivity index (χ2n) is 7.87. The maximum absolute atomic E-state index is 12.5. The third-order valence-corrected chi connectivity index (χ3v) is 6.85. The Kier molecular flexibility index (Phi) is 7.14. The summed E-state index contributed by atoms with van der Waals surface area (Å²) in [7, 11) is -3.85. The van der Waals surface area contributed by atoms with Gasteiger partial charge < -0.3 is 11.1 Å². The van der Waals surface area contributed by atoms with Crippen LogP contribution in [-0.4, -0.2) is 14.3 Å². The molecule has 4 rings (SSSR count). The molecule has 0 fully saturated rings. The summed E-state index contributed by atoms with van der Waals surface area (Å²) in [6, 6.07) is 24.3. The smallest absolute Gasteiger partial charge is 0.250 e. The van der Waals surface area contributed by atoms with Gasteiger partial charge in [-0.2, -0.15) is 0 Å². The van der Waals surface area contributed by atoms with Gasteiger partial charge in [0.05, 0.1) is 16.1 Å². The van der Waals surface area contributed by atoms with Crippen LogP contribution in [0, 0.1) is 0 Å². The van der Waals surface area contributed by atoms with Crippen LogP contribution in [-0.2, 0) is 16.6 Å². The molecule has 1 amide bonds. The lowest BCUT2D eigenvalue weighted by Crippen LogP contribution is -2.16. The summed E-state index contributed by atoms with van der Waals surface area (Å²) in [5.74, 6) is -0.614. The molecule has 9 heteroatoms. The minimum absolute atomic E-state index is 0.0151. The number of benzene rings is 4. The molecule has 0 aliphatic heterocycles. The highest BCUT2D eigenvalue weighted by Crippen LogP contribution is 2.37. The largest absolute Gasteiger partial charge is 0.380 e. The molecule has 35 heavy (non-hydrogen) atoms. The van der Waals surface area contributed by atoms with E-state index < -0.39 is 15.9 Å². The van der Waals surface area contributed by atoms with E-state index in [0.717, 1.165) is 16.7 Å². The average molecular weight is 526 g/mol. The van der Waals surface area contributed by atoms with E-state index in [0.29, 0.717) is 33.4 Å². The molecule has 178 valence electrons. The number of hydrogen-bond acceptors (Lipinski definition) is 4. The van der Waals surface area contributed by atoms with Gasteiger partial charge >= 0.3 is 0 Å². The summed E-state index contributed by atoms with van der Waals surface area (Å²) in [5.41, 5.74) is 10.4. The molecule has 0 spiro atoms. The number of carbonyl (C=O) groups excluding carboxylic acids is 1. The van der Waals surface area contributed by atoms with Crippen molar-refractivity contribution in [2.24, 2.45) is 10.9 Å². The third kappa shape index (κ3) is 5.83. The van der Waals surface area contributed by atoms with Gasteiger partial charge in [0.1, 0.15) is 0 Å². The van der Waals surface area contributed by atoms with Gasteiger partial charge in [0, 0.05) is 22.2 Å². The van der Waals surface area contributed by atoms with E-state index in [-0.39, 0.29) is 10.5 Å². The number of nitrogens with one attached hydrogen (secondary N) is 1. The lowest BCUT2D eigenvalue weighted by molar-refractivity contribution is 0.100. The van der Waals surface area contributed by atoms with Gasteiger partial charge in [0.15, 0.2) is 0 Å². The van der Waals surface area contributed by atoms with Gasteiger partial charge in [-0.1, -0.05) is 59.6 Å². The molecule has 0 aliphatic carbocycles. The third-order valence-electron chi connectivity index (χ3n) is 5.43. The SMILES string of the molecule is NC(=O)c1cc(-c2ccc(Cl)cc2)cc(-c2ccc(S(N)(=O)=O)cc2)c1NCc1cccc(Cl)c1. The topological polar surface area (TPSA) is 115 Å². The fourth-order valence-corrected chi connectivity index (χ4v) is 4.58. The normalized spacial score (nSPS) is 11.3. The molecule has 6 nitrogen and oxygen atoms in total. The lowest BCUT2D eigenvalue weighted by atomic mass is 9.93. The second kappa shape index (κ2) is 10.1. The van der Waals surface area contributed by atoms with E-state index in [4.69, 9.17) is 34.1 Å². The Balaban J connectivity index is 1.88. The quantitative estimate of drug-likeness (QED) is 0.287. The van der Waals surface area contributed by atoms with Crippen molar-refractivity contribution in [3.8, 4) is 22.3 Å². The summed E-state index contributed by atoms with van der Waals surface area (Å²) in [4.78, 5) is 12.5. The molecule has 0 unspecified atom stereocenters. The number of amides is 1. The number of anilines is 1. The molecule has 0 aromatic heterocycles. The number of primary sulfonamides is 1. The van der Waals surface area contributed by atoms with Crippen LogP contribution in [0.3, 0.4) is 0 Å². The molecule has 0 atom stereocenters. The Morgan fingerprint density at radius 2 is 1.46 bits per heavy atom. The van der Waals surface area contributed by atoms with Crippen molar-refractivity contribution in [1.29, 1.82) is 0 Å². The second-order valence-corrected chi connectivity index (χ2v) is 10.3. The van der Waals surface area contributed by atoms with Crippen molar-refractivity contribution in [3.05, 3.63) is 106 Å². The number of hydrogen-bond donors (Lipinski definition) is 3. The number of primary amides is 1. The molecule has 0 aliphatic rings. The summed E-state index contributed by atoms with van der Waals surface area (Å²) in [6.45, 7) is 0.378. The van der Waals surface area contributed by atoms with Gasteiger partial charge in [-0.3, -0.25) is 4.79 Å². The van der Waals surface area contributed by atoms with Crippen molar-refractivity contribution in [2.75, 3.05) is 5.32 Å². The molecule has 0 radical (unpaired) electrons. The van der Waals surface area contributed by atoms with Crippen LogP contribution < -0.4 is 16.2 Å². The minimum Gasteiger partial charge on any atom is -0.380 e. The van der Waals surface area contributed by atoms with Crippen molar-refractivity contribution < 1.29 is 13.2 Å². The van der Waals surface area contributed by atoms with Crippen LogP contribution in [0.2, 0.25) is 10.0 Å². The van der Waals surface area contributed by atoms with E-state index in [1.165, 1.54) is 12.1 Å². The number of rotatable bonds is 7. The van der Waals surface area contributed by atoms with Gasteiger partial charge in [0.2, 0.25) is 10.0 Å². The Labute approximate surface area is 213 Å². The van der Waals surface area contributed by atoms with E-state index in [9.17, 15) is 13.2 Å². The van der Waals surface area contributed by atoms with Crippen LogP contribution >= 0.6 is 23.2 Å². The van der Waals surface area contributed by atoms with E-state index in [2.05, 4.69) is 5.32 Å². The predicted molar refractivity (Wildman–Crippen MR) is 141 cm³/mol. The molecular formula is C26H21Cl2N3O3S. The standard InChI is InChI=1S/C26H21Cl2N3O3S/c27-20-8-4-17(5-9-20)19-13-23(18-6-10-22(11-7-18)35(30,33)34)25(24(14-19)26(29)32)31-15-16-2-1-3-21(28)12-16/h1-14,31H,15H2,(H2,29,32)(H2,30,33,34). The fourth-order valence-electron chi connectivity index (χ4n) is 3.73. The first kappa shape index (κ1) is 24.8. The lowest BCUT2D eigenvalue weighted by Gasteiger charge is -2.18. The van der Waals surface area contributed by atoms with E-state index in [1.54, 1.807) is 36.4 Å². The fraction of sp³-hybridized carbons (Fsp3) is 0.0385. The Bertz CT molecular complexity index is 1500. The molecule has 5 N–H and O–H groups in total. The monoisotopic (exact) mass is 525 g/mol. The number of carbonyl (C=O) groups is 1. The van der Waals surface area contributed by atoms with Crippen molar-refractivity contribution >= 4 is 44.8 Å². The highest BCUT2D eigenvalue weighted by molar-refractivity contribution is 7.89. The van der Waals surface area contributed by atoms with Crippen molar-refractivity contribution in [1.82, 2.24) is 0 Å². The highest BCUT2D eigenvalue weighted by atomic mass is 35.5. The van der Waals surface area contributed by atoms with Crippen LogP contribution in [0.15, 0.2) is 89.8 Å². The first-order valence-electron chi connectivity index (χ1n) is 10.5. The maximum atomic E-state index is 12.5. The first-order chi connectivity index (χ1) is 16.6. The summed E-state index contributed by atoms with van der Waals surface area (Å²) in [6.07, 6.45) is 0. The summed E-state index contributed by atoms with van der Waals surface area (Å²) >= 11 is 12.2. The van der Waals surface area contributed by atoms with Crippen LogP contribution in [0.5, 0.6) is 0 Å². The Morgan fingerprint density at radius 3 is 2.06 bits per heavy atom. The van der Waals surface area contributed by atoms with Crippen molar-refractivity contribution in [3.63, 3.8) is 0 Å². The number of halogens is 2. The minimum atomic E-state index is -3.85. The van der Waals surface area contributed by atoms with E-state index >= 15 is 0 Å². The van der Waals surface area contributed by atoms with Crippen molar-refractivity contribution in [2.45, 2.75) is 11.4 Å². The molecule has 4 aromatic rings. The first-order valence-corrected chi connectivity index (χ1v) is 12.8. The molecule has 0 bridgehead atoms. The maximum Gasteiger partial charge on any atom is 0.250 e. The zero-order valence-corrected chi connectivity index (χ0v) is 20.7. The zero-order valence-electron chi connectivity index (χ0n) is 18.3. The molecule has 0 heterocycles. The number of nitrogens with two attached hydrogens (primary N) is 2. The van der Waals surface area contributed by atoms with Gasteiger partial charge in [-0.15, -0.1) is 0 Å². The Morgan fingerprint density at radius 1 is 0.800 bits per heavy atom. The average Bonchev–Trinajstić information content (AvgIpc) is 2.82. The molecule has 0 saturated heterocycles. The zero-order chi connectivity index (χ0) is 25.2. The van der Waals surface area contributed by atoms with Crippen LogP contribution in [0.1, 0.15) is 15.9 Å². The molecular weight excluding hydrogens is 505 g/mol. The van der Waals surface area contributed by atoms with Gasteiger partial charge in [0.25, 0.3) is 5.91 Å². The number of sulfonamides is 1. The highest BCUT2D eigenvalue weighted by Gasteiger charge is 2.18. The molecule has 4 aromatic carbocycles. The molecule has 0 saturated carbocycles. The van der Waals surface area contributed by atoms with Crippen LogP contribution in [0.25, 0.3) is 22.3 Å².